The minimum absolute atomic E-state index is 0.00333. The summed E-state index contributed by atoms with van der Waals surface area (Å²) in [5, 5.41) is 11.4. The number of carboxylic acid groups (broad SMARTS) is 1. The molecule has 0 saturated carbocycles. The van der Waals surface area contributed by atoms with Crippen molar-refractivity contribution in [3.05, 3.63) is 11.6 Å². The lowest BCUT2D eigenvalue weighted by atomic mass is 10.1. The molecule has 0 radical (unpaired) electrons. The highest BCUT2D eigenvalue weighted by Crippen LogP contribution is 2.20. The van der Waals surface area contributed by atoms with Crippen LogP contribution < -0.4 is 5.32 Å². The Hall–Kier alpha value is -1.85. The molecule has 1 rings (SSSR count). The first kappa shape index (κ1) is 15.2. The van der Waals surface area contributed by atoms with Gasteiger partial charge in [-0.2, -0.15) is 0 Å². The fraction of sp³-hybridized carbons (Fsp3) is 0.615. The van der Waals surface area contributed by atoms with Crippen LogP contribution in [0.5, 0.6) is 0 Å². The van der Waals surface area contributed by atoms with E-state index in [1.165, 1.54) is 6.08 Å². The summed E-state index contributed by atoms with van der Waals surface area (Å²) < 4.78 is 5.00. The van der Waals surface area contributed by atoms with Gasteiger partial charge in [-0.05, 0) is 39.7 Å². The molecular formula is C13H19NO5. The zero-order chi connectivity index (χ0) is 14.6. The van der Waals surface area contributed by atoms with Gasteiger partial charge in [-0.25, -0.2) is 9.59 Å². The average Bonchev–Trinajstić information content (AvgIpc) is 2.60. The summed E-state index contributed by atoms with van der Waals surface area (Å²) in [6, 6.07) is -1.08. The Kier molecular flexibility index (Phi) is 4.69. The number of allylic oxidation sites excluding steroid dienone is 1. The molecular weight excluding hydrogens is 250 g/mol. The van der Waals surface area contributed by atoms with Gasteiger partial charge in [0.1, 0.15) is 11.6 Å². The topological polar surface area (TPSA) is 92.7 Å². The van der Waals surface area contributed by atoms with E-state index in [-0.39, 0.29) is 12.2 Å². The Labute approximate surface area is 111 Å². The number of hydrogen-bond acceptors (Lipinski definition) is 4. The molecule has 0 bridgehead atoms. The van der Waals surface area contributed by atoms with Crippen molar-refractivity contribution in [2.24, 2.45) is 0 Å². The summed E-state index contributed by atoms with van der Waals surface area (Å²) in [6.45, 7) is 5.08. The van der Waals surface area contributed by atoms with E-state index in [1.54, 1.807) is 20.8 Å². The molecule has 1 aliphatic rings. The van der Waals surface area contributed by atoms with E-state index in [9.17, 15) is 14.4 Å². The summed E-state index contributed by atoms with van der Waals surface area (Å²) in [7, 11) is 0. The number of alkyl carbamates (subject to hydrolysis) is 1. The molecule has 1 atom stereocenters. The van der Waals surface area contributed by atoms with Crippen LogP contribution in [0.15, 0.2) is 11.6 Å². The zero-order valence-electron chi connectivity index (χ0n) is 11.4. The van der Waals surface area contributed by atoms with Crippen molar-refractivity contribution in [2.45, 2.75) is 51.7 Å². The first-order chi connectivity index (χ1) is 8.67. The van der Waals surface area contributed by atoms with E-state index < -0.39 is 23.7 Å². The molecule has 1 amide bonds. The van der Waals surface area contributed by atoms with Gasteiger partial charge < -0.3 is 15.2 Å². The van der Waals surface area contributed by atoms with Crippen molar-refractivity contribution in [1.29, 1.82) is 0 Å². The van der Waals surface area contributed by atoms with Gasteiger partial charge in [0.15, 0.2) is 5.78 Å². The Morgan fingerprint density at radius 1 is 1.42 bits per heavy atom. The molecule has 19 heavy (non-hydrogen) atoms. The summed E-state index contributed by atoms with van der Waals surface area (Å²) in [5.41, 5.74) is 0.0592. The molecule has 0 aromatic rings. The molecule has 0 spiro atoms. The number of carboxylic acids is 1. The Morgan fingerprint density at radius 2 is 2.05 bits per heavy atom. The maximum absolute atomic E-state index is 11.5. The van der Waals surface area contributed by atoms with Gasteiger partial charge in [0.25, 0.3) is 0 Å². The van der Waals surface area contributed by atoms with Gasteiger partial charge in [-0.1, -0.05) is 5.57 Å². The first-order valence-electron chi connectivity index (χ1n) is 6.12. The van der Waals surface area contributed by atoms with Crippen molar-refractivity contribution in [1.82, 2.24) is 5.32 Å². The van der Waals surface area contributed by atoms with Crippen LogP contribution in [-0.2, 0) is 14.3 Å². The van der Waals surface area contributed by atoms with Crippen molar-refractivity contribution in [2.75, 3.05) is 0 Å². The standard InChI is InChI=1S/C13H19NO5/c1-13(2,3)19-12(18)14-10(11(16)17)7-8-4-5-9(15)6-8/h6,10H,4-5,7H2,1-3H3,(H,14,18)(H,16,17). The first-order valence-corrected chi connectivity index (χ1v) is 6.12. The molecule has 2 N–H and O–H groups in total. The van der Waals surface area contributed by atoms with Gasteiger partial charge in [0, 0.05) is 6.42 Å². The van der Waals surface area contributed by atoms with Gasteiger partial charge in [-0.15, -0.1) is 0 Å². The van der Waals surface area contributed by atoms with E-state index in [4.69, 9.17) is 9.84 Å². The number of hydrogen-bond donors (Lipinski definition) is 2. The normalized spacial score (nSPS) is 16.8. The number of amides is 1. The number of ether oxygens (including phenoxy) is 1. The average molecular weight is 269 g/mol. The van der Waals surface area contributed by atoms with Crippen LogP contribution in [0, 0.1) is 0 Å². The predicted molar refractivity (Wildman–Crippen MR) is 67.7 cm³/mol. The SMILES string of the molecule is CC(C)(C)OC(=O)NC(CC1=CC(=O)CC1)C(=O)O. The smallest absolute Gasteiger partial charge is 0.408 e. The fourth-order valence-electron chi connectivity index (χ4n) is 1.73. The molecule has 1 aliphatic carbocycles. The summed E-state index contributed by atoms with van der Waals surface area (Å²) in [4.78, 5) is 33.7. The van der Waals surface area contributed by atoms with Gasteiger partial charge in [-0.3, -0.25) is 4.79 Å². The second-order valence-corrected chi connectivity index (χ2v) is 5.51. The van der Waals surface area contributed by atoms with Crippen LogP contribution >= 0.6 is 0 Å². The van der Waals surface area contributed by atoms with E-state index in [0.717, 1.165) is 5.57 Å². The van der Waals surface area contributed by atoms with Crippen molar-refractivity contribution in [3.8, 4) is 0 Å². The maximum atomic E-state index is 11.5. The minimum atomic E-state index is -1.15. The zero-order valence-corrected chi connectivity index (χ0v) is 11.4. The van der Waals surface area contributed by atoms with Crippen LogP contribution in [0.25, 0.3) is 0 Å². The predicted octanol–water partition coefficient (Wildman–Crippen LogP) is 1.64. The van der Waals surface area contributed by atoms with Crippen molar-refractivity contribution >= 4 is 17.8 Å². The summed E-state index contributed by atoms with van der Waals surface area (Å²) in [6.07, 6.45) is 1.77. The van der Waals surface area contributed by atoms with E-state index in [2.05, 4.69) is 5.32 Å². The van der Waals surface area contributed by atoms with E-state index in [1.807, 2.05) is 0 Å². The number of carbonyl (C=O) groups excluding carboxylic acids is 2. The minimum Gasteiger partial charge on any atom is -0.480 e. The number of rotatable bonds is 4. The third-order valence-corrected chi connectivity index (χ3v) is 2.51. The lowest BCUT2D eigenvalue weighted by molar-refractivity contribution is -0.139. The maximum Gasteiger partial charge on any atom is 0.408 e. The number of carbonyl (C=O) groups is 3. The van der Waals surface area contributed by atoms with Crippen LogP contribution in [0.3, 0.4) is 0 Å². The lowest BCUT2D eigenvalue weighted by Crippen LogP contribution is -2.43. The van der Waals surface area contributed by atoms with Crippen LogP contribution in [0.4, 0.5) is 4.79 Å². The van der Waals surface area contributed by atoms with E-state index >= 15 is 0 Å². The monoisotopic (exact) mass is 269 g/mol. The third-order valence-electron chi connectivity index (χ3n) is 2.51. The highest BCUT2D eigenvalue weighted by molar-refractivity contribution is 5.93. The molecule has 0 aromatic heterocycles. The highest BCUT2D eigenvalue weighted by Gasteiger charge is 2.26. The third kappa shape index (κ3) is 5.54. The number of nitrogens with one attached hydrogen (secondary N) is 1. The quantitative estimate of drug-likeness (QED) is 0.809. The second kappa shape index (κ2) is 5.86. The van der Waals surface area contributed by atoms with Gasteiger partial charge in [0.2, 0.25) is 0 Å². The molecule has 6 heteroatoms. The molecule has 6 nitrogen and oxygen atoms in total. The largest absolute Gasteiger partial charge is 0.480 e. The second-order valence-electron chi connectivity index (χ2n) is 5.51. The molecule has 1 unspecified atom stereocenters. The summed E-state index contributed by atoms with van der Waals surface area (Å²) >= 11 is 0. The molecule has 0 fully saturated rings. The van der Waals surface area contributed by atoms with Crippen molar-refractivity contribution < 1.29 is 24.2 Å². The van der Waals surface area contributed by atoms with Gasteiger partial charge in [0.05, 0.1) is 0 Å². The Morgan fingerprint density at radius 3 is 2.47 bits per heavy atom. The molecule has 106 valence electrons. The highest BCUT2D eigenvalue weighted by atomic mass is 16.6. The van der Waals surface area contributed by atoms with Crippen LogP contribution in [-0.4, -0.2) is 34.6 Å². The fourth-order valence-corrected chi connectivity index (χ4v) is 1.73. The van der Waals surface area contributed by atoms with E-state index in [0.29, 0.717) is 12.8 Å². The number of ketones is 1. The number of aliphatic carboxylic acids is 1. The van der Waals surface area contributed by atoms with Crippen LogP contribution in [0.1, 0.15) is 40.0 Å². The summed E-state index contributed by atoms with van der Waals surface area (Å²) in [5.74, 6) is -1.15. The molecule has 0 aliphatic heterocycles. The molecule has 0 heterocycles. The molecule has 0 saturated heterocycles. The lowest BCUT2D eigenvalue weighted by Gasteiger charge is -2.22. The Balaban J connectivity index is 2.59. The Bertz CT molecular complexity index is 419. The van der Waals surface area contributed by atoms with Crippen LogP contribution in [0.2, 0.25) is 0 Å². The van der Waals surface area contributed by atoms with Gasteiger partial charge >= 0.3 is 12.1 Å². The molecule has 0 aromatic carbocycles. The van der Waals surface area contributed by atoms with Crippen molar-refractivity contribution in [3.63, 3.8) is 0 Å².